The molecule has 4 nitrogen and oxygen atoms in total. The summed E-state index contributed by atoms with van der Waals surface area (Å²) in [7, 11) is 0. The van der Waals surface area contributed by atoms with E-state index in [9.17, 15) is 4.79 Å². The Morgan fingerprint density at radius 1 is 1.41 bits per heavy atom. The number of H-pyrrole nitrogens is 1. The molecule has 0 spiro atoms. The third kappa shape index (κ3) is 2.75. The van der Waals surface area contributed by atoms with Crippen LogP contribution in [-0.4, -0.2) is 9.97 Å². The molecule has 1 aromatic rings. The molecule has 0 bridgehead atoms. The average Bonchev–Trinajstić information content (AvgIpc) is 2.39. The predicted molar refractivity (Wildman–Crippen MR) is 67.7 cm³/mol. The van der Waals surface area contributed by atoms with Gasteiger partial charge in [0, 0.05) is 24.2 Å². The molecule has 1 aliphatic carbocycles. The Morgan fingerprint density at radius 2 is 2.12 bits per heavy atom. The van der Waals surface area contributed by atoms with Crippen molar-refractivity contribution in [3.8, 4) is 0 Å². The van der Waals surface area contributed by atoms with Gasteiger partial charge in [0.1, 0.15) is 5.82 Å². The second kappa shape index (κ2) is 5.45. The summed E-state index contributed by atoms with van der Waals surface area (Å²) < 4.78 is 0. The number of rotatable bonds is 3. The molecular weight excluding hydrogens is 214 g/mol. The molecule has 0 radical (unpaired) electrons. The second-order valence-corrected chi connectivity index (χ2v) is 4.95. The highest BCUT2D eigenvalue weighted by Crippen LogP contribution is 2.35. The molecule has 1 heterocycles. The van der Waals surface area contributed by atoms with Gasteiger partial charge in [0.15, 0.2) is 0 Å². The van der Waals surface area contributed by atoms with E-state index < -0.39 is 0 Å². The molecule has 0 atom stereocenters. The minimum Gasteiger partial charge on any atom is -0.326 e. The maximum absolute atomic E-state index is 11.7. The van der Waals surface area contributed by atoms with E-state index in [1.54, 1.807) is 6.20 Å². The summed E-state index contributed by atoms with van der Waals surface area (Å²) in [6.45, 7) is 2.51. The molecule has 1 fully saturated rings. The number of nitrogens with two attached hydrogens (primary N) is 1. The van der Waals surface area contributed by atoms with Crippen molar-refractivity contribution in [2.45, 2.75) is 51.5 Å². The van der Waals surface area contributed by atoms with Crippen LogP contribution in [0.25, 0.3) is 0 Å². The monoisotopic (exact) mass is 235 g/mol. The zero-order valence-corrected chi connectivity index (χ0v) is 10.4. The van der Waals surface area contributed by atoms with Gasteiger partial charge in [-0.05, 0) is 31.6 Å². The van der Waals surface area contributed by atoms with Gasteiger partial charge in [-0.3, -0.25) is 4.79 Å². The minimum absolute atomic E-state index is 0.0740. The second-order valence-electron chi connectivity index (χ2n) is 4.95. The van der Waals surface area contributed by atoms with Crippen LogP contribution in [0.2, 0.25) is 0 Å². The summed E-state index contributed by atoms with van der Waals surface area (Å²) in [5.74, 6) is 2.14. The molecule has 0 amide bonds. The van der Waals surface area contributed by atoms with Crippen molar-refractivity contribution < 1.29 is 0 Å². The van der Waals surface area contributed by atoms with Crippen molar-refractivity contribution in [3.05, 3.63) is 27.9 Å². The van der Waals surface area contributed by atoms with E-state index in [0.717, 1.165) is 24.6 Å². The van der Waals surface area contributed by atoms with Crippen molar-refractivity contribution in [1.82, 2.24) is 9.97 Å². The van der Waals surface area contributed by atoms with Gasteiger partial charge < -0.3 is 10.7 Å². The normalized spacial score (nSPS) is 24.8. The first kappa shape index (κ1) is 12.3. The van der Waals surface area contributed by atoms with Crippen LogP contribution in [0.5, 0.6) is 0 Å². The van der Waals surface area contributed by atoms with Crippen LogP contribution < -0.4 is 11.3 Å². The van der Waals surface area contributed by atoms with Crippen molar-refractivity contribution in [2.24, 2.45) is 11.7 Å². The fourth-order valence-electron chi connectivity index (χ4n) is 2.63. The highest BCUT2D eigenvalue weighted by Gasteiger charge is 2.22. The smallest absolute Gasteiger partial charge is 0.255 e. The molecule has 0 saturated heterocycles. The molecule has 0 aromatic carbocycles. The van der Waals surface area contributed by atoms with Gasteiger partial charge in [-0.25, -0.2) is 4.98 Å². The van der Waals surface area contributed by atoms with Crippen LogP contribution in [0.1, 0.15) is 56.3 Å². The number of hydrogen-bond acceptors (Lipinski definition) is 3. The van der Waals surface area contributed by atoms with Gasteiger partial charge in [0.2, 0.25) is 0 Å². The lowest BCUT2D eigenvalue weighted by atomic mass is 9.80. The minimum atomic E-state index is -0.0740. The predicted octanol–water partition coefficient (Wildman–Crippen LogP) is 1.91. The fourth-order valence-corrected chi connectivity index (χ4v) is 2.63. The summed E-state index contributed by atoms with van der Waals surface area (Å²) >= 11 is 0. The van der Waals surface area contributed by atoms with Gasteiger partial charge in [-0.15, -0.1) is 0 Å². The molecule has 1 saturated carbocycles. The van der Waals surface area contributed by atoms with E-state index in [0.29, 0.717) is 11.5 Å². The first-order chi connectivity index (χ1) is 8.24. The summed E-state index contributed by atoms with van der Waals surface area (Å²) in [5.41, 5.74) is 5.95. The molecule has 0 aliphatic heterocycles. The van der Waals surface area contributed by atoms with E-state index in [4.69, 9.17) is 5.73 Å². The number of nitrogens with one attached hydrogen (secondary N) is 1. The zero-order chi connectivity index (χ0) is 12.3. The molecule has 1 aliphatic rings. The first-order valence-electron chi connectivity index (χ1n) is 6.52. The molecule has 94 valence electrons. The van der Waals surface area contributed by atoms with Crippen molar-refractivity contribution in [2.75, 3.05) is 0 Å². The lowest BCUT2D eigenvalue weighted by Gasteiger charge is -2.26. The lowest BCUT2D eigenvalue weighted by Crippen LogP contribution is -2.22. The molecule has 2 rings (SSSR count). The molecule has 4 heteroatoms. The summed E-state index contributed by atoms with van der Waals surface area (Å²) in [6.07, 6.45) is 7.68. The van der Waals surface area contributed by atoms with Crippen molar-refractivity contribution in [3.63, 3.8) is 0 Å². The number of hydrogen-bond donors (Lipinski definition) is 2. The van der Waals surface area contributed by atoms with Gasteiger partial charge in [-0.2, -0.15) is 0 Å². The highest BCUT2D eigenvalue weighted by atomic mass is 16.1. The zero-order valence-electron chi connectivity index (χ0n) is 10.4. The van der Waals surface area contributed by atoms with Crippen LogP contribution in [0.15, 0.2) is 11.0 Å². The van der Waals surface area contributed by atoms with Crippen molar-refractivity contribution >= 4 is 0 Å². The largest absolute Gasteiger partial charge is 0.326 e. The highest BCUT2D eigenvalue weighted by molar-refractivity contribution is 5.08. The molecule has 0 unspecified atom stereocenters. The van der Waals surface area contributed by atoms with E-state index in [1.807, 2.05) is 0 Å². The first-order valence-corrected chi connectivity index (χ1v) is 6.52. The maximum Gasteiger partial charge on any atom is 0.255 e. The Kier molecular flexibility index (Phi) is 3.94. The van der Waals surface area contributed by atoms with Crippen LogP contribution in [0.3, 0.4) is 0 Å². The van der Waals surface area contributed by atoms with Crippen molar-refractivity contribution in [1.29, 1.82) is 0 Å². The van der Waals surface area contributed by atoms with E-state index in [2.05, 4.69) is 16.9 Å². The topological polar surface area (TPSA) is 71.8 Å². The number of aromatic nitrogens is 2. The molecule has 3 N–H and O–H groups in total. The lowest BCUT2D eigenvalue weighted by molar-refractivity contribution is 0.311. The average molecular weight is 235 g/mol. The van der Waals surface area contributed by atoms with Crippen LogP contribution in [0, 0.1) is 5.92 Å². The quantitative estimate of drug-likeness (QED) is 0.840. The van der Waals surface area contributed by atoms with Crippen LogP contribution >= 0.6 is 0 Å². The van der Waals surface area contributed by atoms with Crippen LogP contribution in [0.4, 0.5) is 0 Å². The Balaban J connectivity index is 2.08. The third-order valence-electron chi connectivity index (χ3n) is 3.92. The standard InChI is InChI=1S/C13H21N3O/c1-2-9-3-5-10(6-4-9)12-15-8-11(7-14)13(17)16-12/h8-10H,2-7,14H2,1H3,(H,15,16,17). The fraction of sp³-hybridized carbons (Fsp3) is 0.692. The SMILES string of the molecule is CCC1CCC(c2ncc(CN)c(=O)[nH]2)CC1. The number of nitrogens with zero attached hydrogens (tertiary/aromatic N) is 1. The molecular formula is C13H21N3O. The Morgan fingerprint density at radius 3 is 2.65 bits per heavy atom. The van der Waals surface area contributed by atoms with Gasteiger partial charge in [0.25, 0.3) is 5.56 Å². The summed E-state index contributed by atoms with van der Waals surface area (Å²) in [6, 6.07) is 0. The maximum atomic E-state index is 11.7. The Bertz CT molecular complexity index is 419. The summed E-state index contributed by atoms with van der Waals surface area (Å²) in [5, 5.41) is 0. The molecule has 17 heavy (non-hydrogen) atoms. The Labute approximate surface area is 102 Å². The van der Waals surface area contributed by atoms with E-state index in [1.165, 1.54) is 19.3 Å². The number of aromatic amines is 1. The van der Waals surface area contributed by atoms with Gasteiger partial charge >= 0.3 is 0 Å². The van der Waals surface area contributed by atoms with Gasteiger partial charge in [0.05, 0.1) is 0 Å². The van der Waals surface area contributed by atoms with Crippen LogP contribution in [-0.2, 0) is 6.54 Å². The Hall–Kier alpha value is -1.16. The molecule has 1 aromatic heterocycles. The summed E-state index contributed by atoms with van der Waals surface area (Å²) in [4.78, 5) is 18.9. The van der Waals surface area contributed by atoms with E-state index >= 15 is 0 Å². The van der Waals surface area contributed by atoms with Gasteiger partial charge in [-0.1, -0.05) is 13.3 Å². The van der Waals surface area contributed by atoms with E-state index in [-0.39, 0.29) is 12.1 Å². The third-order valence-corrected chi connectivity index (χ3v) is 3.92.